The van der Waals surface area contributed by atoms with Crippen molar-refractivity contribution in [1.29, 1.82) is 0 Å². The SMILES string of the molecule is COc1c(-c2ccc3c(N)cnnc3c2)cc(B(O)O)cc1C1CCOCC1. The number of benzene rings is 2. The van der Waals surface area contributed by atoms with E-state index in [1.165, 1.54) is 6.20 Å². The van der Waals surface area contributed by atoms with E-state index in [9.17, 15) is 10.0 Å². The average molecular weight is 379 g/mol. The van der Waals surface area contributed by atoms with Crippen LogP contribution in [-0.2, 0) is 4.74 Å². The first-order chi connectivity index (χ1) is 13.6. The predicted octanol–water partition coefficient (Wildman–Crippen LogP) is 1.46. The standard InChI is InChI=1S/C20H22BN3O4/c1-27-20-16(12-4-6-28-7-5-12)9-14(21(25)26)10-17(20)13-2-3-15-18(22)11-23-24-19(15)8-13/h2-3,8-12,25-26H,4-7H2,1H3,(H2,22,24). The zero-order valence-electron chi connectivity index (χ0n) is 15.6. The Morgan fingerprint density at radius 1 is 1.18 bits per heavy atom. The van der Waals surface area contributed by atoms with Gasteiger partial charge in [-0.2, -0.15) is 10.2 Å². The second kappa shape index (κ2) is 7.75. The number of nitrogen functional groups attached to an aromatic ring is 1. The van der Waals surface area contributed by atoms with E-state index in [-0.39, 0.29) is 5.92 Å². The molecule has 7 nitrogen and oxygen atoms in total. The number of anilines is 1. The van der Waals surface area contributed by atoms with Gasteiger partial charge in [0.2, 0.25) is 0 Å². The molecule has 1 aromatic heterocycles. The van der Waals surface area contributed by atoms with Crippen LogP contribution in [0.1, 0.15) is 24.3 Å². The van der Waals surface area contributed by atoms with Crippen LogP contribution < -0.4 is 15.9 Å². The fourth-order valence-corrected chi connectivity index (χ4v) is 3.83. The topological polar surface area (TPSA) is 111 Å². The first kappa shape index (κ1) is 18.7. The normalized spacial score (nSPS) is 15.0. The van der Waals surface area contributed by atoms with E-state index < -0.39 is 7.12 Å². The van der Waals surface area contributed by atoms with Gasteiger partial charge in [0.05, 0.1) is 24.5 Å². The second-order valence-electron chi connectivity index (χ2n) is 6.98. The monoisotopic (exact) mass is 379 g/mol. The maximum atomic E-state index is 9.84. The van der Waals surface area contributed by atoms with Crippen LogP contribution in [0.4, 0.5) is 5.69 Å². The lowest BCUT2D eigenvalue weighted by atomic mass is 9.75. The van der Waals surface area contributed by atoms with Crippen molar-refractivity contribution in [1.82, 2.24) is 10.2 Å². The van der Waals surface area contributed by atoms with Crippen LogP contribution in [0.15, 0.2) is 36.5 Å². The van der Waals surface area contributed by atoms with Crippen LogP contribution in [-0.4, -0.2) is 47.7 Å². The van der Waals surface area contributed by atoms with Crippen molar-refractivity contribution in [2.75, 3.05) is 26.1 Å². The van der Waals surface area contributed by atoms with Gasteiger partial charge in [0.25, 0.3) is 0 Å². The lowest BCUT2D eigenvalue weighted by Crippen LogP contribution is -2.31. The third kappa shape index (κ3) is 3.42. The Labute approximate surface area is 163 Å². The molecule has 2 aromatic carbocycles. The summed E-state index contributed by atoms with van der Waals surface area (Å²) in [5.74, 6) is 0.963. The van der Waals surface area contributed by atoms with Crippen LogP contribution in [0.2, 0.25) is 0 Å². The van der Waals surface area contributed by atoms with Gasteiger partial charge in [-0.25, -0.2) is 0 Å². The second-order valence-corrected chi connectivity index (χ2v) is 6.98. The van der Waals surface area contributed by atoms with Crippen LogP contribution in [0, 0.1) is 0 Å². The van der Waals surface area contributed by atoms with E-state index >= 15 is 0 Å². The summed E-state index contributed by atoms with van der Waals surface area (Å²) in [5.41, 5.74) is 10.2. The van der Waals surface area contributed by atoms with Gasteiger partial charge in [-0.3, -0.25) is 0 Å². The molecule has 0 amide bonds. The third-order valence-corrected chi connectivity index (χ3v) is 5.29. The van der Waals surface area contributed by atoms with E-state index in [2.05, 4.69) is 10.2 Å². The Bertz CT molecular complexity index is 1010. The zero-order valence-corrected chi connectivity index (χ0v) is 15.6. The molecule has 0 atom stereocenters. The van der Waals surface area contributed by atoms with Crippen molar-refractivity contribution >= 4 is 29.2 Å². The minimum atomic E-state index is -1.57. The van der Waals surface area contributed by atoms with Gasteiger partial charge in [-0.05, 0) is 47.5 Å². The number of fused-ring (bicyclic) bond motifs is 1. The molecule has 0 aliphatic carbocycles. The van der Waals surface area contributed by atoms with E-state index in [4.69, 9.17) is 15.2 Å². The molecule has 0 radical (unpaired) electrons. The molecule has 3 aromatic rings. The molecule has 2 heterocycles. The summed E-state index contributed by atoms with van der Waals surface area (Å²) in [4.78, 5) is 0. The van der Waals surface area contributed by atoms with Gasteiger partial charge in [0, 0.05) is 24.2 Å². The van der Waals surface area contributed by atoms with E-state index in [0.29, 0.717) is 29.9 Å². The summed E-state index contributed by atoms with van der Waals surface area (Å²) >= 11 is 0. The molecule has 0 bridgehead atoms. The summed E-state index contributed by atoms with van der Waals surface area (Å²) in [6.07, 6.45) is 3.25. The Morgan fingerprint density at radius 3 is 2.68 bits per heavy atom. The van der Waals surface area contributed by atoms with Gasteiger partial charge < -0.3 is 25.3 Å². The number of nitrogens with two attached hydrogens (primary N) is 1. The van der Waals surface area contributed by atoms with E-state index in [1.807, 2.05) is 24.3 Å². The van der Waals surface area contributed by atoms with Crippen molar-refractivity contribution in [3.8, 4) is 16.9 Å². The maximum absolute atomic E-state index is 9.84. The molecule has 0 saturated carbocycles. The maximum Gasteiger partial charge on any atom is 0.488 e. The van der Waals surface area contributed by atoms with Crippen LogP contribution in [0.5, 0.6) is 5.75 Å². The number of methoxy groups -OCH3 is 1. The van der Waals surface area contributed by atoms with E-state index in [0.717, 1.165) is 40.7 Å². The molecule has 28 heavy (non-hydrogen) atoms. The van der Waals surface area contributed by atoms with Gasteiger partial charge >= 0.3 is 7.12 Å². The van der Waals surface area contributed by atoms with Crippen molar-refractivity contribution in [3.63, 3.8) is 0 Å². The average Bonchev–Trinajstić information content (AvgIpc) is 2.73. The number of aromatic nitrogens is 2. The summed E-state index contributed by atoms with van der Waals surface area (Å²) in [7, 11) is 0.0642. The number of hydrogen-bond donors (Lipinski definition) is 3. The lowest BCUT2D eigenvalue weighted by molar-refractivity contribution is 0.0848. The highest BCUT2D eigenvalue weighted by Crippen LogP contribution is 2.40. The Morgan fingerprint density at radius 2 is 1.96 bits per heavy atom. The van der Waals surface area contributed by atoms with Crippen molar-refractivity contribution in [3.05, 3.63) is 42.1 Å². The number of hydrogen-bond acceptors (Lipinski definition) is 7. The summed E-state index contributed by atoms with van der Waals surface area (Å²) in [6.45, 7) is 1.36. The Kier molecular flexibility index (Phi) is 5.17. The fraction of sp³-hybridized carbons (Fsp3) is 0.300. The van der Waals surface area contributed by atoms with Gasteiger partial charge in [-0.1, -0.05) is 18.2 Å². The fourth-order valence-electron chi connectivity index (χ4n) is 3.83. The molecule has 1 aliphatic heterocycles. The zero-order chi connectivity index (χ0) is 19.7. The quantitative estimate of drug-likeness (QED) is 0.589. The lowest BCUT2D eigenvalue weighted by Gasteiger charge is -2.26. The first-order valence-corrected chi connectivity index (χ1v) is 9.25. The minimum absolute atomic E-state index is 0.233. The van der Waals surface area contributed by atoms with Crippen LogP contribution in [0.3, 0.4) is 0 Å². The predicted molar refractivity (Wildman–Crippen MR) is 109 cm³/mol. The molecule has 0 spiro atoms. The number of nitrogens with zero attached hydrogens (tertiary/aromatic N) is 2. The number of ether oxygens (including phenoxy) is 2. The molecule has 0 unspecified atom stereocenters. The summed E-state index contributed by atoms with van der Waals surface area (Å²) < 4.78 is 11.3. The molecule has 8 heteroatoms. The van der Waals surface area contributed by atoms with Crippen molar-refractivity contribution in [2.24, 2.45) is 0 Å². The number of rotatable bonds is 4. The highest BCUT2D eigenvalue weighted by atomic mass is 16.5. The molecular weight excluding hydrogens is 357 g/mol. The van der Waals surface area contributed by atoms with Crippen molar-refractivity contribution < 1.29 is 19.5 Å². The molecule has 1 saturated heterocycles. The molecule has 4 N–H and O–H groups in total. The summed E-state index contributed by atoms with van der Waals surface area (Å²) in [6, 6.07) is 9.27. The molecule has 4 rings (SSSR count). The molecule has 1 aliphatic rings. The molecular formula is C20H22BN3O4. The molecule has 1 fully saturated rings. The summed E-state index contributed by atoms with van der Waals surface area (Å²) in [5, 5.41) is 28.6. The van der Waals surface area contributed by atoms with E-state index in [1.54, 1.807) is 13.2 Å². The molecule has 144 valence electrons. The Balaban J connectivity index is 1.90. The van der Waals surface area contributed by atoms with Gasteiger partial charge in [0.15, 0.2) is 0 Å². The van der Waals surface area contributed by atoms with Crippen LogP contribution in [0.25, 0.3) is 22.0 Å². The highest BCUT2D eigenvalue weighted by Gasteiger charge is 2.25. The first-order valence-electron chi connectivity index (χ1n) is 9.25. The van der Waals surface area contributed by atoms with Gasteiger partial charge in [-0.15, -0.1) is 0 Å². The highest BCUT2D eigenvalue weighted by molar-refractivity contribution is 6.58. The van der Waals surface area contributed by atoms with Crippen molar-refractivity contribution in [2.45, 2.75) is 18.8 Å². The third-order valence-electron chi connectivity index (χ3n) is 5.29. The largest absolute Gasteiger partial charge is 0.496 e. The van der Waals surface area contributed by atoms with Gasteiger partial charge in [0.1, 0.15) is 5.75 Å². The minimum Gasteiger partial charge on any atom is -0.496 e. The van der Waals surface area contributed by atoms with Crippen LogP contribution >= 0.6 is 0 Å². The Hall–Kier alpha value is -2.68. The smallest absolute Gasteiger partial charge is 0.488 e.